The number of amides is 2. The Morgan fingerprint density at radius 1 is 1.28 bits per heavy atom. The molecule has 1 unspecified atom stereocenters. The zero-order valence-electron chi connectivity index (χ0n) is 19.6. The second-order valence-corrected chi connectivity index (χ2v) is 8.33. The van der Waals surface area contributed by atoms with Crippen LogP contribution in [0.1, 0.15) is 25.5 Å². The molecule has 2 aliphatic heterocycles. The molecule has 3 heterocycles. The molecular formula is C24H26FN5O6. The highest BCUT2D eigenvalue weighted by molar-refractivity contribution is 5.99. The van der Waals surface area contributed by atoms with E-state index in [2.05, 4.69) is 15.5 Å². The molecule has 36 heavy (non-hydrogen) atoms. The highest BCUT2D eigenvalue weighted by Gasteiger charge is 2.32. The summed E-state index contributed by atoms with van der Waals surface area (Å²) in [7, 11) is 0. The SMILES string of the molecule is CC(=O)NCC1CN(c2ccc(-c3ccc(C4=NO[C@H](CCOC(=O)CN)C4)nc3)c(F)c2)C(=O)O1. The molecule has 0 spiro atoms. The van der Waals surface area contributed by atoms with E-state index in [9.17, 15) is 18.8 Å². The quantitative estimate of drug-likeness (QED) is 0.496. The van der Waals surface area contributed by atoms with Gasteiger partial charge in [0, 0.05) is 37.1 Å². The minimum absolute atomic E-state index is 0.169. The van der Waals surface area contributed by atoms with Crippen LogP contribution in [0.25, 0.3) is 11.1 Å². The van der Waals surface area contributed by atoms with Gasteiger partial charge in [0.2, 0.25) is 5.91 Å². The van der Waals surface area contributed by atoms with E-state index < -0.39 is 24.0 Å². The fraction of sp³-hybridized carbons (Fsp3) is 0.375. The van der Waals surface area contributed by atoms with Crippen LogP contribution >= 0.6 is 0 Å². The minimum atomic E-state index is -0.598. The summed E-state index contributed by atoms with van der Waals surface area (Å²) in [6.45, 7) is 1.79. The summed E-state index contributed by atoms with van der Waals surface area (Å²) in [5, 5.41) is 6.66. The average molecular weight is 499 g/mol. The third-order valence-electron chi connectivity index (χ3n) is 5.69. The molecule has 1 aromatic heterocycles. The minimum Gasteiger partial charge on any atom is -0.465 e. The summed E-state index contributed by atoms with van der Waals surface area (Å²) in [4.78, 5) is 45.5. The summed E-state index contributed by atoms with van der Waals surface area (Å²) >= 11 is 0. The van der Waals surface area contributed by atoms with Crippen LogP contribution in [-0.2, 0) is 23.9 Å². The van der Waals surface area contributed by atoms with Crippen molar-refractivity contribution in [3.8, 4) is 11.1 Å². The van der Waals surface area contributed by atoms with E-state index >= 15 is 0 Å². The van der Waals surface area contributed by atoms with Crippen molar-refractivity contribution in [2.75, 3.05) is 31.1 Å². The molecule has 2 atom stereocenters. The molecule has 190 valence electrons. The zero-order chi connectivity index (χ0) is 25.7. The van der Waals surface area contributed by atoms with Gasteiger partial charge in [-0.1, -0.05) is 11.2 Å². The number of cyclic esters (lactones) is 1. The number of esters is 1. The van der Waals surface area contributed by atoms with Gasteiger partial charge in [0.15, 0.2) is 0 Å². The van der Waals surface area contributed by atoms with Crippen LogP contribution in [0.15, 0.2) is 41.7 Å². The van der Waals surface area contributed by atoms with E-state index in [0.717, 1.165) is 0 Å². The third kappa shape index (κ3) is 5.95. The zero-order valence-corrected chi connectivity index (χ0v) is 19.6. The summed E-state index contributed by atoms with van der Waals surface area (Å²) < 4.78 is 25.2. The molecule has 4 rings (SSSR count). The lowest BCUT2D eigenvalue weighted by Crippen LogP contribution is -2.33. The molecule has 12 heteroatoms. The van der Waals surface area contributed by atoms with Crippen LogP contribution in [0.2, 0.25) is 0 Å². The number of anilines is 1. The maximum Gasteiger partial charge on any atom is 0.414 e. The maximum atomic E-state index is 15.0. The molecule has 2 aromatic rings. The first-order valence-electron chi connectivity index (χ1n) is 11.4. The molecule has 11 nitrogen and oxygen atoms in total. The Hall–Kier alpha value is -4.06. The van der Waals surface area contributed by atoms with Crippen molar-refractivity contribution in [2.45, 2.75) is 32.0 Å². The molecule has 2 aliphatic rings. The van der Waals surface area contributed by atoms with Crippen molar-refractivity contribution in [1.29, 1.82) is 0 Å². The number of halogens is 1. The number of hydrogen-bond donors (Lipinski definition) is 2. The van der Waals surface area contributed by atoms with E-state index in [1.165, 1.54) is 17.9 Å². The molecule has 1 aromatic carbocycles. The average Bonchev–Trinajstić information content (AvgIpc) is 3.49. The fourth-order valence-electron chi connectivity index (χ4n) is 3.82. The number of aromatic nitrogens is 1. The van der Waals surface area contributed by atoms with Gasteiger partial charge < -0.3 is 25.4 Å². The Morgan fingerprint density at radius 3 is 2.81 bits per heavy atom. The van der Waals surface area contributed by atoms with Crippen molar-refractivity contribution < 1.29 is 33.1 Å². The largest absolute Gasteiger partial charge is 0.465 e. The number of nitrogens with two attached hydrogens (primary N) is 1. The van der Waals surface area contributed by atoms with Crippen molar-refractivity contribution in [1.82, 2.24) is 10.3 Å². The number of carbonyl (C=O) groups excluding carboxylic acids is 3. The second-order valence-electron chi connectivity index (χ2n) is 8.33. The lowest BCUT2D eigenvalue weighted by molar-refractivity contribution is -0.142. The number of pyridine rings is 1. The van der Waals surface area contributed by atoms with Gasteiger partial charge in [-0.15, -0.1) is 0 Å². The highest BCUT2D eigenvalue weighted by Crippen LogP contribution is 2.29. The fourth-order valence-corrected chi connectivity index (χ4v) is 3.82. The van der Waals surface area contributed by atoms with Gasteiger partial charge in [0.05, 0.1) is 37.6 Å². The Bertz CT molecular complexity index is 1170. The first kappa shape index (κ1) is 25.0. The van der Waals surface area contributed by atoms with Gasteiger partial charge in [-0.2, -0.15) is 0 Å². The number of benzene rings is 1. The number of carbonyl (C=O) groups is 3. The summed E-state index contributed by atoms with van der Waals surface area (Å²) in [5.41, 5.74) is 7.68. The molecule has 0 saturated carbocycles. The smallest absolute Gasteiger partial charge is 0.414 e. The lowest BCUT2D eigenvalue weighted by Gasteiger charge is -2.14. The second kappa shape index (κ2) is 11.1. The Kier molecular flexibility index (Phi) is 7.74. The molecule has 3 N–H and O–H groups in total. The summed E-state index contributed by atoms with van der Waals surface area (Å²) in [5.74, 6) is -1.22. The molecule has 1 fully saturated rings. The molecule has 1 saturated heterocycles. The van der Waals surface area contributed by atoms with Crippen molar-refractivity contribution in [3.05, 3.63) is 48.0 Å². The van der Waals surface area contributed by atoms with Crippen molar-refractivity contribution >= 4 is 29.4 Å². The number of ether oxygens (including phenoxy) is 2. The number of hydrogen-bond acceptors (Lipinski definition) is 9. The van der Waals surface area contributed by atoms with E-state index in [1.807, 2.05) is 0 Å². The van der Waals surface area contributed by atoms with Gasteiger partial charge in [-0.05, 0) is 24.3 Å². The maximum absolute atomic E-state index is 15.0. The van der Waals surface area contributed by atoms with Crippen LogP contribution in [-0.4, -0.2) is 67.1 Å². The topological polar surface area (TPSA) is 145 Å². The first-order valence-corrected chi connectivity index (χ1v) is 11.4. The molecule has 0 aliphatic carbocycles. The number of rotatable bonds is 9. The third-order valence-corrected chi connectivity index (χ3v) is 5.69. The van der Waals surface area contributed by atoms with Crippen LogP contribution in [0.3, 0.4) is 0 Å². The summed E-state index contributed by atoms with van der Waals surface area (Å²) in [6.07, 6.45) is 1.19. The van der Waals surface area contributed by atoms with E-state index in [1.54, 1.807) is 30.5 Å². The number of oxime groups is 1. The van der Waals surface area contributed by atoms with E-state index in [4.69, 9.17) is 20.0 Å². The molecule has 2 amide bonds. The molecular weight excluding hydrogens is 473 g/mol. The van der Waals surface area contributed by atoms with E-state index in [0.29, 0.717) is 41.1 Å². The van der Waals surface area contributed by atoms with Crippen molar-refractivity contribution in [2.24, 2.45) is 10.9 Å². The van der Waals surface area contributed by atoms with Crippen molar-refractivity contribution in [3.63, 3.8) is 0 Å². The first-order chi connectivity index (χ1) is 17.3. The van der Waals surface area contributed by atoms with Crippen LogP contribution in [0.5, 0.6) is 0 Å². The van der Waals surface area contributed by atoms with Gasteiger partial charge in [-0.3, -0.25) is 19.5 Å². The Morgan fingerprint density at radius 2 is 2.11 bits per heavy atom. The predicted molar refractivity (Wildman–Crippen MR) is 127 cm³/mol. The number of nitrogens with zero attached hydrogens (tertiary/aromatic N) is 3. The van der Waals surface area contributed by atoms with Crippen LogP contribution in [0, 0.1) is 5.82 Å². The van der Waals surface area contributed by atoms with Gasteiger partial charge in [-0.25, -0.2) is 9.18 Å². The Balaban J connectivity index is 1.36. The summed E-state index contributed by atoms with van der Waals surface area (Å²) in [6, 6.07) is 7.93. The molecule has 0 radical (unpaired) electrons. The number of nitrogens with one attached hydrogen (secondary N) is 1. The monoisotopic (exact) mass is 499 g/mol. The highest BCUT2D eigenvalue weighted by atomic mass is 19.1. The molecule has 0 bridgehead atoms. The van der Waals surface area contributed by atoms with Gasteiger partial charge in [0.25, 0.3) is 0 Å². The lowest BCUT2D eigenvalue weighted by atomic mass is 10.0. The Labute approximate surface area is 206 Å². The van der Waals surface area contributed by atoms with Gasteiger partial charge >= 0.3 is 12.1 Å². The van der Waals surface area contributed by atoms with Gasteiger partial charge in [0.1, 0.15) is 23.7 Å². The predicted octanol–water partition coefficient (Wildman–Crippen LogP) is 1.73. The van der Waals surface area contributed by atoms with Crippen LogP contribution in [0.4, 0.5) is 14.9 Å². The van der Waals surface area contributed by atoms with E-state index in [-0.39, 0.29) is 38.3 Å². The normalized spacial score (nSPS) is 18.9. The van der Waals surface area contributed by atoms with Crippen LogP contribution < -0.4 is 16.0 Å². The standard InChI is InChI=1S/C24H26FN5O6/c1-14(31)27-12-18-13-30(24(33)35-18)16-3-4-19(20(25)8-16)15-2-5-21(28-11-15)22-9-17(36-29-22)6-7-34-23(32)10-26/h2-5,8,11,17-18H,6-7,9-10,12-13,26H2,1H3,(H,27,31)/t17-,18?/m1/s1.